The molecule has 1 aromatic carbocycles. The molecule has 1 aliphatic heterocycles. The van der Waals surface area contributed by atoms with Gasteiger partial charge < -0.3 is 9.80 Å². The van der Waals surface area contributed by atoms with Crippen molar-refractivity contribution >= 4 is 27.7 Å². The lowest BCUT2D eigenvalue weighted by Crippen LogP contribution is -2.34. The van der Waals surface area contributed by atoms with Crippen molar-refractivity contribution in [3.8, 4) is 0 Å². The summed E-state index contributed by atoms with van der Waals surface area (Å²) in [6, 6.07) is 11.8. The number of piperidine rings is 1. The van der Waals surface area contributed by atoms with E-state index in [1.165, 1.54) is 19.3 Å². The molecule has 1 fully saturated rings. The fourth-order valence-electron chi connectivity index (χ4n) is 3.06. The Bertz CT molecular complexity index is 696. The maximum atomic E-state index is 12.9. The number of nitrogens with zero attached hydrogens (tertiary/aromatic N) is 3. The van der Waals surface area contributed by atoms with Gasteiger partial charge in [-0.15, -0.1) is 0 Å². The van der Waals surface area contributed by atoms with Crippen LogP contribution in [0.1, 0.15) is 35.2 Å². The molecule has 1 saturated heterocycles. The lowest BCUT2D eigenvalue weighted by Gasteiger charge is -2.30. The summed E-state index contributed by atoms with van der Waals surface area (Å²) in [5, 5.41) is 0. The van der Waals surface area contributed by atoms with Crippen molar-refractivity contribution in [3.63, 3.8) is 0 Å². The van der Waals surface area contributed by atoms with E-state index in [9.17, 15) is 4.79 Å². The number of hydrogen-bond donors (Lipinski definition) is 0. The topological polar surface area (TPSA) is 36.4 Å². The molecule has 4 nitrogen and oxygen atoms in total. The molecule has 5 heteroatoms. The molecule has 3 rings (SSSR count). The van der Waals surface area contributed by atoms with E-state index in [-0.39, 0.29) is 5.91 Å². The Hall–Kier alpha value is -1.88. The minimum atomic E-state index is 0.0200. The van der Waals surface area contributed by atoms with Crippen LogP contribution in [0.15, 0.2) is 47.1 Å². The van der Waals surface area contributed by atoms with Gasteiger partial charge in [0.2, 0.25) is 0 Å². The highest BCUT2D eigenvalue weighted by atomic mass is 79.9. The van der Waals surface area contributed by atoms with Crippen LogP contribution < -0.4 is 4.90 Å². The van der Waals surface area contributed by atoms with Crippen molar-refractivity contribution in [2.75, 3.05) is 25.0 Å². The van der Waals surface area contributed by atoms with E-state index in [1.807, 2.05) is 43.4 Å². The number of anilines is 1. The van der Waals surface area contributed by atoms with Gasteiger partial charge in [-0.05, 0) is 49.1 Å². The van der Waals surface area contributed by atoms with Crippen LogP contribution in [0.5, 0.6) is 0 Å². The van der Waals surface area contributed by atoms with E-state index in [1.54, 1.807) is 11.1 Å². The molecule has 126 valence electrons. The van der Waals surface area contributed by atoms with Crippen LogP contribution >= 0.6 is 15.9 Å². The van der Waals surface area contributed by atoms with Gasteiger partial charge in [0.25, 0.3) is 5.91 Å². The fourth-order valence-corrected chi connectivity index (χ4v) is 3.33. The highest BCUT2D eigenvalue weighted by Gasteiger charge is 2.21. The highest BCUT2D eigenvalue weighted by molar-refractivity contribution is 9.10. The number of carbonyl (C=O) groups is 1. The standard InChI is InChI=1S/C19H22BrN3O/c1-22(14-15-7-9-16(20)10-8-15)19(24)17-6-5-11-21-18(17)23-12-3-2-4-13-23/h5-11H,2-4,12-14H2,1H3. The first-order chi connectivity index (χ1) is 11.6. The molecule has 2 aromatic rings. The van der Waals surface area contributed by atoms with E-state index >= 15 is 0 Å². The minimum Gasteiger partial charge on any atom is -0.356 e. The normalized spacial score (nSPS) is 14.5. The maximum Gasteiger partial charge on any atom is 0.257 e. The summed E-state index contributed by atoms with van der Waals surface area (Å²) in [5.41, 5.74) is 1.80. The van der Waals surface area contributed by atoms with E-state index in [0.29, 0.717) is 12.1 Å². The molecule has 0 radical (unpaired) electrons. The first kappa shape index (κ1) is 17.0. The maximum absolute atomic E-state index is 12.9. The smallest absolute Gasteiger partial charge is 0.257 e. The van der Waals surface area contributed by atoms with Gasteiger partial charge in [0.15, 0.2) is 0 Å². The number of aromatic nitrogens is 1. The average Bonchev–Trinajstić information content (AvgIpc) is 2.63. The molecule has 1 amide bonds. The van der Waals surface area contributed by atoms with Crippen molar-refractivity contribution in [2.45, 2.75) is 25.8 Å². The third-order valence-corrected chi connectivity index (χ3v) is 4.88. The van der Waals surface area contributed by atoms with Gasteiger partial charge in [0.1, 0.15) is 5.82 Å². The minimum absolute atomic E-state index is 0.0200. The summed E-state index contributed by atoms with van der Waals surface area (Å²) in [4.78, 5) is 21.4. The molecular weight excluding hydrogens is 366 g/mol. The Morgan fingerprint density at radius 2 is 1.88 bits per heavy atom. The molecule has 0 unspecified atom stereocenters. The van der Waals surface area contributed by atoms with E-state index in [0.717, 1.165) is 28.9 Å². The fraction of sp³-hybridized carbons (Fsp3) is 0.368. The third kappa shape index (κ3) is 3.96. The number of hydrogen-bond acceptors (Lipinski definition) is 3. The molecular formula is C19H22BrN3O. The second-order valence-electron chi connectivity index (χ2n) is 6.21. The zero-order chi connectivity index (χ0) is 16.9. The van der Waals surface area contributed by atoms with Crippen molar-refractivity contribution in [1.29, 1.82) is 0 Å². The molecule has 0 aliphatic carbocycles. The number of benzene rings is 1. The van der Waals surface area contributed by atoms with Crippen LogP contribution in [-0.2, 0) is 6.54 Å². The van der Waals surface area contributed by atoms with Crippen LogP contribution in [0.2, 0.25) is 0 Å². The summed E-state index contributed by atoms with van der Waals surface area (Å²) in [6.07, 6.45) is 5.36. The van der Waals surface area contributed by atoms with Crippen molar-refractivity contribution < 1.29 is 4.79 Å². The highest BCUT2D eigenvalue weighted by Crippen LogP contribution is 2.23. The summed E-state index contributed by atoms with van der Waals surface area (Å²) < 4.78 is 1.04. The molecule has 1 aliphatic rings. The Labute approximate surface area is 151 Å². The van der Waals surface area contributed by atoms with E-state index in [2.05, 4.69) is 25.8 Å². The lowest BCUT2D eigenvalue weighted by molar-refractivity contribution is 0.0785. The summed E-state index contributed by atoms with van der Waals surface area (Å²) in [7, 11) is 1.84. The van der Waals surface area contributed by atoms with Crippen molar-refractivity contribution in [1.82, 2.24) is 9.88 Å². The van der Waals surface area contributed by atoms with Crippen LogP contribution in [0.3, 0.4) is 0 Å². The first-order valence-electron chi connectivity index (χ1n) is 8.35. The van der Waals surface area contributed by atoms with Crippen molar-refractivity contribution in [2.24, 2.45) is 0 Å². The summed E-state index contributed by atoms with van der Waals surface area (Å²) in [6.45, 7) is 2.54. The number of pyridine rings is 1. The average molecular weight is 388 g/mol. The Kier molecular flexibility index (Phi) is 5.51. The van der Waals surface area contributed by atoms with Gasteiger partial charge in [-0.25, -0.2) is 4.98 Å². The third-order valence-electron chi connectivity index (χ3n) is 4.35. The van der Waals surface area contributed by atoms with Crippen LogP contribution in [0, 0.1) is 0 Å². The molecule has 1 aromatic heterocycles. The van der Waals surface area contributed by atoms with Gasteiger partial charge >= 0.3 is 0 Å². The summed E-state index contributed by atoms with van der Waals surface area (Å²) >= 11 is 3.44. The predicted molar refractivity (Wildman–Crippen MR) is 100 cm³/mol. The molecule has 0 spiro atoms. The lowest BCUT2D eigenvalue weighted by atomic mass is 10.1. The van der Waals surface area contributed by atoms with Gasteiger partial charge in [0.05, 0.1) is 5.56 Å². The number of rotatable bonds is 4. The SMILES string of the molecule is CN(Cc1ccc(Br)cc1)C(=O)c1cccnc1N1CCCCC1. The first-order valence-corrected chi connectivity index (χ1v) is 9.14. The van der Waals surface area contributed by atoms with E-state index in [4.69, 9.17) is 0 Å². The van der Waals surface area contributed by atoms with Crippen LogP contribution in [-0.4, -0.2) is 35.9 Å². The Morgan fingerprint density at radius 1 is 1.17 bits per heavy atom. The van der Waals surface area contributed by atoms with Gasteiger partial charge in [0, 0.05) is 37.4 Å². The second-order valence-corrected chi connectivity index (χ2v) is 7.13. The van der Waals surface area contributed by atoms with Gasteiger partial charge in [-0.3, -0.25) is 4.79 Å². The van der Waals surface area contributed by atoms with Gasteiger partial charge in [-0.1, -0.05) is 28.1 Å². The number of amides is 1. The van der Waals surface area contributed by atoms with E-state index < -0.39 is 0 Å². The second kappa shape index (κ2) is 7.79. The Morgan fingerprint density at radius 3 is 2.58 bits per heavy atom. The molecule has 2 heterocycles. The largest absolute Gasteiger partial charge is 0.356 e. The zero-order valence-electron chi connectivity index (χ0n) is 13.9. The monoisotopic (exact) mass is 387 g/mol. The number of carbonyl (C=O) groups excluding carboxylic acids is 1. The molecule has 0 bridgehead atoms. The quantitative estimate of drug-likeness (QED) is 0.791. The van der Waals surface area contributed by atoms with Crippen LogP contribution in [0.25, 0.3) is 0 Å². The Balaban J connectivity index is 1.77. The molecule has 0 saturated carbocycles. The molecule has 0 N–H and O–H groups in total. The number of halogens is 1. The van der Waals surface area contributed by atoms with Crippen LogP contribution in [0.4, 0.5) is 5.82 Å². The zero-order valence-corrected chi connectivity index (χ0v) is 15.5. The predicted octanol–water partition coefficient (Wildman–Crippen LogP) is 4.11. The summed E-state index contributed by atoms with van der Waals surface area (Å²) in [5.74, 6) is 0.844. The van der Waals surface area contributed by atoms with Gasteiger partial charge in [-0.2, -0.15) is 0 Å². The molecule has 0 atom stereocenters. The van der Waals surface area contributed by atoms with Crippen molar-refractivity contribution in [3.05, 3.63) is 58.2 Å². The molecule has 24 heavy (non-hydrogen) atoms.